The Labute approximate surface area is 121 Å². The van der Waals surface area contributed by atoms with E-state index in [9.17, 15) is 9.59 Å². The van der Waals surface area contributed by atoms with Crippen molar-refractivity contribution >= 4 is 11.9 Å². The van der Waals surface area contributed by atoms with Gasteiger partial charge in [-0.2, -0.15) is 0 Å². The van der Waals surface area contributed by atoms with E-state index < -0.39 is 0 Å². The van der Waals surface area contributed by atoms with Crippen molar-refractivity contribution in [1.29, 1.82) is 0 Å². The predicted molar refractivity (Wildman–Crippen MR) is 78.4 cm³/mol. The van der Waals surface area contributed by atoms with Gasteiger partial charge >= 0.3 is 6.03 Å². The van der Waals surface area contributed by atoms with Gasteiger partial charge in [0.05, 0.1) is 6.54 Å². The van der Waals surface area contributed by atoms with Crippen LogP contribution in [-0.4, -0.2) is 30.6 Å². The van der Waals surface area contributed by atoms with Gasteiger partial charge in [-0.3, -0.25) is 4.79 Å². The van der Waals surface area contributed by atoms with E-state index in [0.29, 0.717) is 6.04 Å². The van der Waals surface area contributed by atoms with Crippen LogP contribution in [0.15, 0.2) is 0 Å². The molecule has 2 rings (SSSR count). The Morgan fingerprint density at radius 2 is 1.25 bits per heavy atom. The zero-order chi connectivity index (χ0) is 14.2. The van der Waals surface area contributed by atoms with Gasteiger partial charge in [0.25, 0.3) is 0 Å². The Kier molecular flexibility index (Phi) is 6.15. The number of carbonyl (C=O) groups excluding carboxylic acids is 2. The summed E-state index contributed by atoms with van der Waals surface area (Å²) in [6, 6.07) is 0.375. The van der Waals surface area contributed by atoms with Gasteiger partial charge in [0.15, 0.2) is 0 Å². The molecule has 2 aliphatic carbocycles. The highest BCUT2D eigenvalue weighted by Crippen LogP contribution is 2.17. The molecule has 5 nitrogen and oxygen atoms in total. The summed E-state index contributed by atoms with van der Waals surface area (Å²) in [5.41, 5.74) is 0. The number of hydrogen-bond acceptors (Lipinski definition) is 2. The lowest BCUT2D eigenvalue weighted by atomic mass is 9.95. The third-order valence-electron chi connectivity index (χ3n) is 4.32. The van der Waals surface area contributed by atoms with Crippen LogP contribution in [0, 0.1) is 0 Å². The van der Waals surface area contributed by atoms with Gasteiger partial charge in [0.2, 0.25) is 5.91 Å². The smallest absolute Gasteiger partial charge is 0.315 e. The van der Waals surface area contributed by atoms with Crippen molar-refractivity contribution in [2.45, 2.75) is 76.3 Å². The van der Waals surface area contributed by atoms with Gasteiger partial charge in [-0.25, -0.2) is 4.79 Å². The second-order valence-electron chi connectivity index (χ2n) is 6.06. The van der Waals surface area contributed by atoms with E-state index in [4.69, 9.17) is 0 Å². The summed E-state index contributed by atoms with van der Waals surface area (Å²) in [5, 5.41) is 8.60. The average Bonchev–Trinajstić information content (AvgIpc) is 2.47. The molecule has 0 spiro atoms. The van der Waals surface area contributed by atoms with E-state index >= 15 is 0 Å². The molecule has 0 atom stereocenters. The normalized spacial score (nSPS) is 21.2. The van der Waals surface area contributed by atoms with Crippen molar-refractivity contribution in [2.75, 3.05) is 6.54 Å². The van der Waals surface area contributed by atoms with E-state index in [1.807, 2.05) is 0 Å². The number of rotatable bonds is 4. The Morgan fingerprint density at radius 1 is 0.750 bits per heavy atom. The Morgan fingerprint density at radius 3 is 1.80 bits per heavy atom. The van der Waals surface area contributed by atoms with E-state index in [1.165, 1.54) is 38.5 Å². The molecule has 3 N–H and O–H groups in total. The van der Waals surface area contributed by atoms with Crippen molar-refractivity contribution < 1.29 is 9.59 Å². The van der Waals surface area contributed by atoms with Crippen LogP contribution in [0.5, 0.6) is 0 Å². The van der Waals surface area contributed by atoms with Gasteiger partial charge in [-0.05, 0) is 25.7 Å². The second kappa shape index (κ2) is 8.12. The number of carbonyl (C=O) groups is 2. The van der Waals surface area contributed by atoms with E-state index in [2.05, 4.69) is 16.0 Å². The fraction of sp³-hybridized carbons (Fsp3) is 0.867. The van der Waals surface area contributed by atoms with Crippen LogP contribution in [0.3, 0.4) is 0 Å². The minimum Gasteiger partial charge on any atom is -0.352 e. The number of nitrogens with one attached hydrogen (secondary N) is 3. The fourth-order valence-corrected chi connectivity index (χ4v) is 3.17. The van der Waals surface area contributed by atoms with E-state index in [0.717, 1.165) is 25.7 Å². The zero-order valence-corrected chi connectivity index (χ0v) is 12.2. The highest BCUT2D eigenvalue weighted by atomic mass is 16.2. The molecule has 0 unspecified atom stereocenters. The maximum absolute atomic E-state index is 11.8. The molecule has 0 aliphatic heterocycles. The third-order valence-corrected chi connectivity index (χ3v) is 4.32. The second-order valence-corrected chi connectivity index (χ2v) is 6.06. The molecule has 0 saturated heterocycles. The molecule has 0 aromatic heterocycles. The summed E-state index contributed by atoms with van der Waals surface area (Å²) in [6.45, 7) is 0.0784. The molecule has 3 amide bonds. The summed E-state index contributed by atoms with van der Waals surface area (Å²) in [7, 11) is 0. The number of hydrogen-bond donors (Lipinski definition) is 3. The zero-order valence-electron chi connectivity index (χ0n) is 12.2. The Bertz CT molecular complexity index is 289. The van der Waals surface area contributed by atoms with Crippen molar-refractivity contribution in [3.8, 4) is 0 Å². The first kappa shape index (κ1) is 15.1. The minimum atomic E-state index is -0.212. The lowest BCUT2D eigenvalue weighted by Crippen LogP contribution is -2.47. The molecule has 0 radical (unpaired) electrons. The van der Waals surface area contributed by atoms with Gasteiger partial charge in [0, 0.05) is 12.1 Å². The van der Waals surface area contributed by atoms with Crippen LogP contribution >= 0.6 is 0 Å². The molecular weight excluding hydrogens is 254 g/mol. The van der Waals surface area contributed by atoms with Crippen LogP contribution in [0.2, 0.25) is 0 Å². The first-order valence-electron chi connectivity index (χ1n) is 8.08. The first-order chi connectivity index (χ1) is 9.74. The monoisotopic (exact) mass is 281 g/mol. The highest BCUT2D eigenvalue weighted by molar-refractivity contribution is 5.84. The van der Waals surface area contributed by atoms with E-state index in [-0.39, 0.29) is 24.5 Å². The molecule has 2 aliphatic rings. The van der Waals surface area contributed by atoms with Crippen molar-refractivity contribution in [2.24, 2.45) is 0 Å². The summed E-state index contributed by atoms with van der Waals surface area (Å²) in [6.07, 6.45) is 11.6. The first-order valence-corrected chi connectivity index (χ1v) is 8.08. The molecule has 2 saturated carbocycles. The number of urea groups is 1. The number of amides is 3. The molecule has 2 fully saturated rings. The standard InChI is InChI=1S/C15H27N3O2/c19-14(17-12-7-3-1-4-8-12)11-16-15(20)18-13-9-5-2-6-10-13/h12-13H,1-11H2,(H,17,19)(H2,16,18,20). The van der Waals surface area contributed by atoms with Crippen LogP contribution in [0.1, 0.15) is 64.2 Å². The highest BCUT2D eigenvalue weighted by Gasteiger charge is 2.17. The van der Waals surface area contributed by atoms with Crippen LogP contribution in [-0.2, 0) is 4.79 Å². The molecule has 20 heavy (non-hydrogen) atoms. The lowest BCUT2D eigenvalue weighted by molar-refractivity contribution is -0.121. The summed E-state index contributed by atoms with van der Waals surface area (Å²) in [5.74, 6) is -0.0734. The van der Waals surface area contributed by atoms with Crippen molar-refractivity contribution in [1.82, 2.24) is 16.0 Å². The Hall–Kier alpha value is -1.26. The SMILES string of the molecule is O=C(CNC(=O)NC1CCCCC1)NC1CCCCC1. The quantitative estimate of drug-likeness (QED) is 0.738. The van der Waals surface area contributed by atoms with Crippen LogP contribution < -0.4 is 16.0 Å². The lowest BCUT2D eigenvalue weighted by Gasteiger charge is -2.24. The summed E-state index contributed by atoms with van der Waals surface area (Å²) < 4.78 is 0. The van der Waals surface area contributed by atoms with Crippen molar-refractivity contribution in [3.63, 3.8) is 0 Å². The van der Waals surface area contributed by atoms with Gasteiger partial charge < -0.3 is 16.0 Å². The summed E-state index contributed by atoms with van der Waals surface area (Å²) in [4.78, 5) is 23.5. The molecule has 0 heterocycles. The molecule has 5 heteroatoms. The molecular formula is C15H27N3O2. The molecule has 0 bridgehead atoms. The Balaban J connectivity index is 1.58. The third kappa shape index (κ3) is 5.39. The van der Waals surface area contributed by atoms with Crippen LogP contribution in [0.4, 0.5) is 4.79 Å². The van der Waals surface area contributed by atoms with E-state index in [1.54, 1.807) is 0 Å². The van der Waals surface area contributed by atoms with Crippen molar-refractivity contribution in [3.05, 3.63) is 0 Å². The molecule has 0 aromatic carbocycles. The topological polar surface area (TPSA) is 70.2 Å². The average molecular weight is 281 g/mol. The van der Waals surface area contributed by atoms with Crippen LogP contribution in [0.25, 0.3) is 0 Å². The molecule has 0 aromatic rings. The minimum absolute atomic E-state index is 0.0734. The fourth-order valence-electron chi connectivity index (χ4n) is 3.17. The van der Waals surface area contributed by atoms with Gasteiger partial charge in [-0.1, -0.05) is 38.5 Å². The predicted octanol–water partition coefficient (Wildman–Crippen LogP) is 2.07. The molecule has 114 valence electrons. The maximum Gasteiger partial charge on any atom is 0.315 e. The summed E-state index contributed by atoms with van der Waals surface area (Å²) >= 11 is 0. The largest absolute Gasteiger partial charge is 0.352 e. The van der Waals surface area contributed by atoms with Gasteiger partial charge in [0.1, 0.15) is 0 Å². The maximum atomic E-state index is 11.8. The van der Waals surface area contributed by atoms with Gasteiger partial charge in [-0.15, -0.1) is 0 Å².